The maximum atomic E-state index is 12.9. The second-order valence-corrected chi connectivity index (χ2v) is 7.31. The Morgan fingerprint density at radius 1 is 1.07 bits per heavy atom. The lowest BCUT2D eigenvalue weighted by atomic mass is 10.1. The third-order valence-electron chi connectivity index (χ3n) is 4.57. The smallest absolute Gasteiger partial charge is 0.160 e. The van der Waals surface area contributed by atoms with Crippen LogP contribution in [-0.2, 0) is 6.42 Å². The summed E-state index contributed by atoms with van der Waals surface area (Å²) >= 11 is 0. The Hall–Kier alpha value is -2.36. The van der Waals surface area contributed by atoms with Crippen molar-refractivity contribution in [3.8, 4) is 0 Å². The molecule has 29 heavy (non-hydrogen) atoms. The first-order chi connectivity index (χ1) is 13.8. The number of para-hydroxylation sites is 1. The molecule has 2 nitrogen and oxygen atoms in total. The van der Waals surface area contributed by atoms with Crippen LogP contribution in [0.4, 0.5) is 20.2 Å². The van der Waals surface area contributed by atoms with Crippen LogP contribution >= 0.6 is 0 Å². The molecule has 0 spiro atoms. The number of hydrogen-bond acceptors (Lipinski definition) is 2. The number of benzene rings is 2. The molecule has 3 rings (SSSR count). The highest BCUT2D eigenvalue weighted by Gasteiger charge is 2.12. The van der Waals surface area contributed by atoms with Gasteiger partial charge in [-0.05, 0) is 62.8 Å². The van der Waals surface area contributed by atoms with Crippen LogP contribution in [0.1, 0.15) is 65.0 Å². The van der Waals surface area contributed by atoms with E-state index in [2.05, 4.69) is 29.9 Å². The van der Waals surface area contributed by atoms with Crippen molar-refractivity contribution < 1.29 is 8.78 Å². The van der Waals surface area contributed by atoms with Crippen LogP contribution in [0.5, 0.6) is 0 Å². The van der Waals surface area contributed by atoms with Crippen molar-refractivity contribution in [1.29, 1.82) is 0 Å². The van der Waals surface area contributed by atoms with E-state index < -0.39 is 11.6 Å². The Labute approximate surface area is 174 Å². The molecular weight excluding hydrogens is 366 g/mol. The molecule has 0 aromatic heterocycles. The van der Waals surface area contributed by atoms with Crippen molar-refractivity contribution in [2.45, 2.75) is 67.2 Å². The number of halogens is 2. The van der Waals surface area contributed by atoms with Gasteiger partial charge >= 0.3 is 0 Å². The molecule has 2 aromatic carbocycles. The molecule has 0 bridgehead atoms. The molecule has 158 valence electrons. The summed E-state index contributed by atoms with van der Waals surface area (Å²) in [4.78, 5) is 8.44. The van der Waals surface area contributed by atoms with E-state index in [9.17, 15) is 8.78 Å². The van der Waals surface area contributed by atoms with Crippen molar-refractivity contribution >= 4 is 23.3 Å². The molecule has 0 unspecified atom stereocenters. The Morgan fingerprint density at radius 2 is 1.66 bits per heavy atom. The SMILES string of the molecule is CC1CC1.CC=Nc1ccccc1CC.CCC(C)=Nc1cc(F)c(F)cc1C. The van der Waals surface area contributed by atoms with Crippen molar-refractivity contribution in [2.75, 3.05) is 0 Å². The Bertz CT molecular complexity index is 822. The number of aliphatic imine (C=N–C) groups is 2. The summed E-state index contributed by atoms with van der Waals surface area (Å²) in [5, 5.41) is 0. The minimum absolute atomic E-state index is 0.503. The number of rotatable bonds is 4. The largest absolute Gasteiger partial charge is 0.261 e. The monoisotopic (exact) mass is 400 g/mol. The third kappa shape index (κ3) is 9.60. The van der Waals surface area contributed by atoms with Gasteiger partial charge in [-0.1, -0.05) is 51.8 Å². The van der Waals surface area contributed by atoms with Gasteiger partial charge in [-0.3, -0.25) is 9.98 Å². The molecule has 4 heteroatoms. The summed E-state index contributed by atoms with van der Waals surface area (Å²) in [6, 6.07) is 10.5. The molecule has 0 atom stereocenters. The number of nitrogens with zero attached hydrogens (tertiary/aromatic N) is 2. The van der Waals surface area contributed by atoms with Gasteiger partial charge in [0, 0.05) is 18.0 Å². The van der Waals surface area contributed by atoms with E-state index in [0.717, 1.165) is 42.3 Å². The highest BCUT2D eigenvalue weighted by atomic mass is 19.2. The zero-order valence-corrected chi connectivity index (χ0v) is 18.6. The molecule has 1 aliphatic rings. The molecule has 1 saturated carbocycles. The van der Waals surface area contributed by atoms with Crippen LogP contribution in [0.25, 0.3) is 0 Å². The molecule has 0 N–H and O–H groups in total. The molecule has 0 amide bonds. The maximum absolute atomic E-state index is 12.9. The van der Waals surface area contributed by atoms with E-state index in [1.807, 2.05) is 45.2 Å². The maximum Gasteiger partial charge on any atom is 0.160 e. The fourth-order valence-corrected chi connectivity index (χ4v) is 2.28. The van der Waals surface area contributed by atoms with Crippen molar-refractivity contribution in [1.82, 2.24) is 0 Å². The molecule has 1 aliphatic carbocycles. The van der Waals surface area contributed by atoms with E-state index in [-0.39, 0.29) is 0 Å². The lowest BCUT2D eigenvalue weighted by Gasteiger charge is -2.02. The van der Waals surface area contributed by atoms with E-state index in [1.54, 1.807) is 6.92 Å². The fraction of sp³-hybridized carbons (Fsp3) is 0.440. The summed E-state index contributed by atoms with van der Waals surface area (Å²) in [5.41, 5.74) is 4.46. The predicted molar refractivity (Wildman–Crippen MR) is 122 cm³/mol. The quantitative estimate of drug-likeness (QED) is 0.462. The first kappa shape index (κ1) is 24.7. The van der Waals surface area contributed by atoms with E-state index >= 15 is 0 Å². The van der Waals surface area contributed by atoms with Gasteiger partial charge in [0.2, 0.25) is 0 Å². The van der Waals surface area contributed by atoms with Crippen LogP contribution < -0.4 is 0 Å². The van der Waals surface area contributed by atoms with Crippen LogP contribution in [-0.4, -0.2) is 11.9 Å². The highest BCUT2D eigenvalue weighted by Crippen LogP contribution is 2.26. The lowest BCUT2D eigenvalue weighted by molar-refractivity contribution is 0.508. The zero-order chi connectivity index (χ0) is 21.8. The summed E-state index contributed by atoms with van der Waals surface area (Å²) in [5.74, 6) is -0.589. The first-order valence-electron chi connectivity index (χ1n) is 10.4. The van der Waals surface area contributed by atoms with E-state index in [1.165, 1.54) is 18.4 Å². The minimum Gasteiger partial charge on any atom is -0.261 e. The Balaban J connectivity index is 0.000000247. The van der Waals surface area contributed by atoms with E-state index in [4.69, 9.17) is 0 Å². The molecule has 1 fully saturated rings. The molecule has 2 aromatic rings. The highest BCUT2D eigenvalue weighted by molar-refractivity contribution is 5.84. The van der Waals surface area contributed by atoms with Gasteiger partial charge in [0.1, 0.15) is 0 Å². The second-order valence-electron chi connectivity index (χ2n) is 7.31. The van der Waals surface area contributed by atoms with Gasteiger partial charge in [0.05, 0.1) is 11.4 Å². The number of aryl methyl sites for hydroxylation is 2. The zero-order valence-electron chi connectivity index (χ0n) is 18.6. The molecule has 0 radical (unpaired) electrons. The van der Waals surface area contributed by atoms with Crippen molar-refractivity contribution in [3.63, 3.8) is 0 Å². The Morgan fingerprint density at radius 3 is 2.17 bits per heavy atom. The van der Waals surface area contributed by atoms with Gasteiger partial charge in [0.15, 0.2) is 11.6 Å². The summed E-state index contributed by atoms with van der Waals surface area (Å²) < 4.78 is 25.6. The molecule has 0 aliphatic heterocycles. The summed E-state index contributed by atoms with van der Waals surface area (Å²) in [6.45, 7) is 11.9. The average molecular weight is 401 g/mol. The van der Waals surface area contributed by atoms with Crippen molar-refractivity contribution in [3.05, 3.63) is 59.2 Å². The Kier molecular flexibility index (Phi) is 11.0. The van der Waals surface area contributed by atoms with Crippen LogP contribution in [0.2, 0.25) is 0 Å². The lowest BCUT2D eigenvalue weighted by Crippen LogP contribution is -1.90. The summed E-state index contributed by atoms with van der Waals surface area (Å²) in [7, 11) is 0. The van der Waals surface area contributed by atoms with Gasteiger partial charge < -0.3 is 0 Å². The standard InChI is InChI=1S/C11H13F2N.C10H13N.C4H8/c1-4-8(3)14-11-6-10(13)9(12)5-7(11)2;1-3-9-7-5-6-8-10(9)11-4-2;1-4-2-3-4/h5-6H,4H2,1-3H3;4-8H,3H2,1-2H3;4H,2-3H2,1H3. The van der Waals surface area contributed by atoms with Gasteiger partial charge in [-0.15, -0.1) is 0 Å². The fourth-order valence-electron chi connectivity index (χ4n) is 2.28. The van der Waals surface area contributed by atoms with Gasteiger partial charge in [-0.25, -0.2) is 8.78 Å². The number of hydrogen-bond donors (Lipinski definition) is 0. The molecule has 0 heterocycles. The van der Waals surface area contributed by atoms with Crippen LogP contribution in [0, 0.1) is 24.5 Å². The molecule has 0 saturated heterocycles. The van der Waals surface area contributed by atoms with Crippen molar-refractivity contribution in [2.24, 2.45) is 15.9 Å². The van der Waals surface area contributed by atoms with Crippen LogP contribution in [0.15, 0.2) is 46.4 Å². The predicted octanol–water partition coefficient (Wildman–Crippen LogP) is 8.16. The average Bonchev–Trinajstić information content (AvgIpc) is 3.49. The van der Waals surface area contributed by atoms with Gasteiger partial charge in [-0.2, -0.15) is 0 Å². The molecular formula is C25H34F2N2. The second kappa shape index (κ2) is 13.0. The topological polar surface area (TPSA) is 24.7 Å². The summed E-state index contributed by atoms with van der Waals surface area (Å²) in [6.07, 6.45) is 6.65. The normalized spacial score (nSPS) is 13.4. The van der Waals surface area contributed by atoms with E-state index in [0.29, 0.717) is 11.3 Å². The first-order valence-corrected chi connectivity index (χ1v) is 10.4. The van der Waals surface area contributed by atoms with Crippen LogP contribution in [0.3, 0.4) is 0 Å². The van der Waals surface area contributed by atoms with Gasteiger partial charge in [0.25, 0.3) is 0 Å². The third-order valence-corrected chi connectivity index (χ3v) is 4.57. The minimum atomic E-state index is -0.849.